The monoisotopic (exact) mass is 292 g/mol. The van der Waals surface area contributed by atoms with E-state index in [2.05, 4.69) is 45.9 Å². The Morgan fingerprint density at radius 3 is 2.09 bits per heavy atom. The van der Waals surface area contributed by atoms with E-state index < -0.39 is 5.41 Å². The molecule has 0 N–H and O–H groups in total. The Morgan fingerprint density at radius 2 is 1.64 bits per heavy atom. The van der Waals surface area contributed by atoms with Gasteiger partial charge in [-0.3, -0.25) is 0 Å². The molecule has 0 unspecified atom stereocenters. The first-order valence-electron chi connectivity index (χ1n) is 8.04. The zero-order valence-electron chi connectivity index (χ0n) is 13.9. The highest BCUT2D eigenvalue weighted by atomic mass is 14.5. The molecule has 1 aliphatic rings. The fourth-order valence-electron chi connectivity index (χ4n) is 3.60. The molecule has 1 aromatic carbocycles. The second-order valence-corrected chi connectivity index (χ2v) is 6.93. The van der Waals surface area contributed by atoms with Crippen molar-refractivity contribution in [1.29, 1.82) is 10.5 Å². The minimum absolute atomic E-state index is 0.0649. The number of allylic oxidation sites excluding steroid dienone is 2. The molecule has 0 amide bonds. The average Bonchev–Trinajstić information content (AvgIpc) is 2.53. The van der Waals surface area contributed by atoms with E-state index in [1.807, 2.05) is 30.3 Å². The quantitative estimate of drug-likeness (QED) is 0.731. The van der Waals surface area contributed by atoms with E-state index in [1.54, 1.807) is 0 Å². The van der Waals surface area contributed by atoms with E-state index >= 15 is 0 Å². The molecule has 2 heteroatoms. The van der Waals surface area contributed by atoms with Crippen LogP contribution in [-0.4, -0.2) is 0 Å². The maximum Gasteiger partial charge on any atom is 0.157 e. The summed E-state index contributed by atoms with van der Waals surface area (Å²) in [6.45, 7) is 8.63. The van der Waals surface area contributed by atoms with E-state index in [9.17, 15) is 10.5 Å². The Labute approximate surface area is 134 Å². The van der Waals surface area contributed by atoms with Crippen LogP contribution >= 0.6 is 0 Å². The summed E-state index contributed by atoms with van der Waals surface area (Å²) in [5.41, 5.74) is 1.45. The molecule has 2 atom stereocenters. The van der Waals surface area contributed by atoms with Crippen LogP contribution in [0.3, 0.4) is 0 Å². The van der Waals surface area contributed by atoms with E-state index in [-0.39, 0.29) is 11.8 Å². The molecule has 1 aliphatic carbocycles. The van der Waals surface area contributed by atoms with Gasteiger partial charge in [0.15, 0.2) is 5.41 Å². The molecule has 1 aromatic rings. The van der Waals surface area contributed by atoms with Gasteiger partial charge in [-0.1, -0.05) is 69.7 Å². The van der Waals surface area contributed by atoms with Crippen LogP contribution in [0.1, 0.15) is 45.6 Å². The van der Waals surface area contributed by atoms with Crippen LogP contribution in [0.2, 0.25) is 0 Å². The van der Waals surface area contributed by atoms with Gasteiger partial charge in [0.25, 0.3) is 0 Å². The van der Waals surface area contributed by atoms with Gasteiger partial charge in [-0.05, 0) is 29.7 Å². The molecule has 0 saturated heterocycles. The second kappa shape index (κ2) is 6.37. The molecule has 0 saturated carbocycles. The van der Waals surface area contributed by atoms with Crippen molar-refractivity contribution in [2.45, 2.75) is 40.0 Å². The lowest BCUT2D eigenvalue weighted by Gasteiger charge is -2.42. The lowest BCUT2D eigenvalue weighted by Crippen LogP contribution is -2.40. The summed E-state index contributed by atoms with van der Waals surface area (Å²) in [5.74, 6) is 0.660. The van der Waals surface area contributed by atoms with Gasteiger partial charge in [0, 0.05) is 5.92 Å². The normalized spacial score (nSPS) is 23.7. The zero-order chi connectivity index (χ0) is 16.3. The number of hydrogen-bond acceptors (Lipinski definition) is 2. The first kappa shape index (κ1) is 16.3. The molecule has 0 aliphatic heterocycles. The first-order valence-corrected chi connectivity index (χ1v) is 8.04. The molecular weight excluding hydrogens is 268 g/mol. The Balaban J connectivity index is 2.65. The maximum atomic E-state index is 9.92. The highest BCUT2D eigenvalue weighted by molar-refractivity contribution is 5.40. The van der Waals surface area contributed by atoms with Crippen LogP contribution in [0.5, 0.6) is 0 Å². The van der Waals surface area contributed by atoms with Crippen molar-refractivity contribution < 1.29 is 0 Å². The van der Waals surface area contributed by atoms with Gasteiger partial charge in [-0.15, -0.1) is 0 Å². The number of rotatable bonds is 3. The molecule has 0 radical (unpaired) electrons. The van der Waals surface area contributed by atoms with Crippen LogP contribution in [0, 0.1) is 45.8 Å². The second-order valence-electron chi connectivity index (χ2n) is 6.93. The van der Waals surface area contributed by atoms with Gasteiger partial charge in [0.05, 0.1) is 12.1 Å². The third kappa shape index (κ3) is 2.67. The van der Waals surface area contributed by atoms with E-state index in [1.165, 1.54) is 5.57 Å². The lowest BCUT2D eigenvalue weighted by atomic mass is 9.57. The van der Waals surface area contributed by atoms with Gasteiger partial charge in [0.2, 0.25) is 0 Å². The molecule has 0 spiro atoms. The van der Waals surface area contributed by atoms with Crippen LogP contribution in [0.25, 0.3) is 0 Å². The molecule has 0 fully saturated rings. The Hall–Kier alpha value is -2.06. The molecule has 0 heterocycles. The van der Waals surface area contributed by atoms with E-state index in [0.717, 1.165) is 12.0 Å². The fourth-order valence-corrected chi connectivity index (χ4v) is 3.60. The van der Waals surface area contributed by atoms with Gasteiger partial charge in [-0.25, -0.2) is 0 Å². The van der Waals surface area contributed by atoms with Gasteiger partial charge >= 0.3 is 0 Å². The Kier molecular flexibility index (Phi) is 4.72. The Morgan fingerprint density at radius 1 is 1.05 bits per heavy atom. The fraction of sp³-hybridized carbons (Fsp3) is 0.500. The third-order valence-corrected chi connectivity index (χ3v) is 4.99. The Bertz CT molecular complexity index is 612. The highest BCUT2D eigenvalue weighted by Gasteiger charge is 2.50. The minimum Gasteiger partial charge on any atom is -0.197 e. The van der Waals surface area contributed by atoms with E-state index in [0.29, 0.717) is 11.8 Å². The maximum absolute atomic E-state index is 9.92. The summed E-state index contributed by atoms with van der Waals surface area (Å²) in [4.78, 5) is 0. The minimum atomic E-state index is -0.978. The van der Waals surface area contributed by atoms with Crippen molar-refractivity contribution in [1.82, 2.24) is 0 Å². The third-order valence-electron chi connectivity index (χ3n) is 4.99. The van der Waals surface area contributed by atoms with Crippen molar-refractivity contribution in [2.75, 3.05) is 0 Å². The lowest BCUT2D eigenvalue weighted by molar-refractivity contribution is 0.197. The SMILES string of the molecule is CC(C)C1=C[C@@H](c2ccccc2)C(C#N)(C#N)[C@H](C(C)C)C1. The van der Waals surface area contributed by atoms with Crippen molar-refractivity contribution in [3.63, 3.8) is 0 Å². The molecule has 114 valence electrons. The van der Waals surface area contributed by atoms with Gasteiger partial charge in [-0.2, -0.15) is 10.5 Å². The summed E-state index contributed by atoms with van der Waals surface area (Å²) >= 11 is 0. The molecule has 2 rings (SSSR count). The predicted molar refractivity (Wildman–Crippen MR) is 88.7 cm³/mol. The number of nitriles is 2. The number of benzene rings is 1. The van der Waals surface area contributed by atoms with Gasteiger partial charge < -0.3 is 0 Å². The predicted octanol–water partition coefficient (Wildman–Crippen LogP) is 5.06. The topological polar surface area (TPSA) is 47.6 Å². The summed E-state index contributed by atoms with van der Waals surface area (Å²) in [5, 5.41) is 19.8. The van der Waals surface area contributed by atoms with Crippen LogP contribution < -0.4 is 0 Å². The molecule has 2 nitrogen and oxygen atoms in total. The number of hydrogen-bond donors (Lipinski definition) is 0. The van der Waals surface area contributed by atoms with Gasteiger partial charge in [0.1, 0.15) is 0 Å². The summed E-state index contributed by atoms with van der Waals surface area (Å²) in [7, 11) is 0. The van der Waals surface area contributed by atoms with Crippen LogP contribution in [0.4, 0.5) is 0 Å². The van der Waals surface area contributed by atoms with Crippen LogP contribution in [-0.2, 0) is 0 Å². The molecular formula is C20H24N2. The van der Waals surface area contributed by atoms with Crippen LogP contribution in [0.15, 0.2) is 42.0 Å². The zero-order valence-corrected chi connectivity index (χ0v) is 13.9. The standard InChI is InChI=1S/C20H24N2/c1-14(2)17-10-18(15(3)4)20(12-21,13-22)19(11-17)16-8-6-5-7-9-16/h5-9,11,14-15,18-19H,10H2,1-4H3/t18-,19-/m0/s1. The van der Waals surface area contributed by atoms with Crippen molar-refractivity contribution in [3.05, 3.63) is 47.5 Å². The molecule has 22 heavy (non-hydrogen) atoms. The first-order chi connectivity index (χ1) is 10.5. The number of nitrogens with zero attached hydrogens (tertiary/aromatic N) is 2. The smallest absolute Gasteiger partial charge is 0.157 e. The summed E-state index contributed by atoms with van der Waals surface area (Å²) in [6.07, 6.45) is 3.03. The van der Waals surface area contributed by atoms with Crippen molar-refractivity contribution in [3.8, 4) is 12.1 Å². The largest absolute Gasteiger partial charge is 0.197 e. The average molecular weight is 292 g/mol. The summed E-state index contributed by atoms with van der Waals surface area (Å²) in [6, 6.07) is 14.8. The van der Waals surface area contributed by atoms with Crippen molar-refractivity contribution in [2.24, 2.45) is 23.2 Å². The van der Waals surface area contributed by atoms with Crippen molar-refractivity contribution >= 4 is 0 Å². The molecule has 0 aromatic heterocycles. The highest BCUT2D eigenvalue weighted by Crippen LogP contribution is 2.52. The summed E-state index contributed by atoms with van der Waals surface area (Å²) < 4.78 is 0. The van der Waals surface area contributed by atoms with E-state index in [4.69, 9.17) is 0 Å². The molecule has 0 bridgehead atoms.